The predicted octanol–water partition coefficient (Wildman–Crippen LogP) is 3.87. The van der Waals surface area contributed by atoms with Crippen LogP contribution in [0.15, 0.2) is 42.5 Å². The number of carbonyl (C=O) groups excluding carboxylic acids is 2. The third-order valence-corrected chi connectivity index (χ3v) is 5.59. The maximum Gasteiger partial charge on any atom is 0.509 e. The lowest BCUT2D eigenvalue weighted by atomic mass is 9.91. The van der Waals surface area contributed by atoms with Crippen molar-refractivity contribution in [2.75, 3.05) is 19.7 Å². The second kappa shape index (κ2) is 7.26. The maximum atomic E-state index is 13.9. The van der Waals surface area contributed by atoms with Gasteiger partial charge in [-0.05, 0) is 42.2 Å². The van der Waals surface area contributed by atoms with Gasteiger partial charge >= 0.3 is 6.16 Å². The molecule has 2 saturated heterocycles. The summed E-state index contributed by atoms with van der Waals surface area (Å²) in [5.41, 5.74) is 2.33. The second-order valence-corrected chi connectivity index (χ2v) is 7.53. The molecule has 28 heavy (non-hydrogen) atoms. The Bertz CT molecular complexity index is 919. The molecule has 2 aromatic carbocycles. The molecule has 1 spiro atoms. The van der Waals surface area contributed by atoms with Crippen molar-refractivity contribution >= 4 is 12.1 Å². The molecule has 2 aliphatic heterocycles. The fourth-order valence-electron chi connectivity index (χ4n) is 3.81. The minimum Gasteiger partial charge on any atom is -0.430 e. The Morgan fingerprint density at radius 1 is 1.18 bits per heavy atom. The van der Waals surface area contributed by atoms with E-state index in [2.05, 4.69) is 0 Å². The zero-order valence-corrected chi connectivity index (χ0v) is 15.7. The van der Waals surface area contributed by atoms with Gasteiger partial charge in [-0.3, -0.25) is 4.79 Å². The lowest BCUT2D eigenvalue weighted by molar-refractivity contribution is 0.00279. The molecule has 0 N–H and O–H groups in total. The molecule has 0 aliphatic carbocycles. The third-order valence-electron chi connectivity index (χ3n) is 5.59. The number of halogens is 1. The van der Waals surface area contributed by atoms with Crippen LogP contribution in [0.1, 0.15) is 39.9 Å². The van der Waals surface area contributed by atoms with Crippen molar-refractivity contribution in [2.45, 2.75) is 31.8 Å². The number of benzene rings is 2. The molecular formula is C22H22FNO4. The molecule has 0 bridgehead atoms. The molecular weight excluding hydrogens is 361 g/mol. The summed E-state index contributed by atoms with van der Waals surface area (Å²) in [7, 11) is 0. The van der Waals surface area contributed by atoms with E-state index in [9.17, 15) is 14.0 Å². The molecule has 0 unspecified atom stereocenters. The normalized spacial score (nSPS) is 18.1. The topological polar surface area (TPSA) is 55.8 Å². The summed E-state index contributed by atoms with van der Waals surface area (Å²) < 4.78 is 24.1. The molecule has 2 heterocycles. The summed E-state index contributed by atoms with van der Waals surface area (Å²) in [4.78, 5) is 26.2. The molecule has 2 aromatic rings. The highest BCUT2D eigenvalue weighted by Gasteiger charge is 2.45. The summed E-state index contributed by atoms with van der Waals surface area (Å²) in [5.74, 6) is -0.292. The smallest absolute Gasteiger partial charge is 0.430 e. The van der Waals surface area contributed by atoms with Crippen LogP contribution in [0.2, 0.25) is 0 Å². The number of hydrogen-bond acceptors (Lipinski definition) is 4. The van der Waals surface area contributed by atoms with Crippen LogP contribution in [0.5, 0.6) is 0 Å². The van der Waals surface area contributed by atoms with Crippen LogP contribution in [0.4, 0.5) is 9.18 Å². The van der Waals surface area contributed by atoms with E-state index >= 15 is 0 Å². The number of hydrogen-bond donors (Lipinski definition) is 0. The van der Waals surface area contributed by atoms with Crippen LogP contribution in [-0.2, 0) is 15.9 Å². The van der Waals surface area contributed by atoms with Gasteiger partial charge in [-0.15, -0.1) is 0 Å². The second-order valence-electron chi connectivity index (χ2n) is 7.53. The van der Waals surface area contributed by atoms with E-state index in [1.807, 2.05) is 30.3 Å². The van der Waals surface area contributed by atoms with Gasteiger partial charge in [0.2, 0.25) is 0 Å². The Labute approximate surface area is 163 Å². The molecule has 6 heteroatoms. The van der Waals surface area contributed by atoms with Gasteiger partial charge < -0.3 is 14.4 Å². The lowest BCUT2D eigenvalue weighted by Crippen LogP contribution is -2.48. The van der Waals surface area contributed by atoms with Crippen LogP contribution >= 0.6 is 0 Å². The van der Waals surface area contributed by atoms with Gasteiger partial charge in [-0.1, -0.05) is 30.3 Å². The Morgan fingerprint density at radius 2 is 1.93 bits per heavy atom. The van der Waals surface area contributed by atoms with Gasteiger partial charge in [-0.2, -0.15) is 0 Å². The maximum absolute atomic E-state index is 13.9. The van der Waals surface area contributed by atoms with Gasteiger partial charge in [0.05, 0.1) is 0 Å². The zero-order chi connectivity index (χ0) is 19.7. The van der Waals surface area contributed by atoms with E-state index < -0.39 is 11.8 Å². The zero-order valence-electron chi connectivity index (χ0n) is 15.7. The van der Waals surface area contributed by atoms with Crippen molar-refractivity contribution in [3.63, 3.8) is 0 Å². The fourth-order valence-corrected chi connectivity index (χ4v) is 3.81. The van der Waals surface area contributed by atoms with Gasteiger partial charge in [0.1, 0.15) is 12.4 Å². The van der Waals surface area contributed by atoms with Crippen LogP contribution in [-0.4, -0.2) is 42.3 Å². The number of rotatable bonds is 3. The summed E-state index contributed by atoms with van der Waals surface area (Å²) in [6.07, 6.45) is 0.990. The van der Waals surface area contributed by atoms with Crippen molar-refractivity contribution in [3.05, 3.63) is 70.5 Å². The van der Waals surface area contributed by atoms with E-state index in [1.165, 1.54) is 6.07 Å². The highest BCUT2D eigenvalue weighted by Crippen LogP contribution is 2.32. The molecule has 2 aliphatic rings. The highest BCUT2D eigenvalue weighted by atomic mass is 19.1. The minimum absolute atomic E-state index is 0.0525. The molecule has 0 atom stereocenters. The first kappa shape index (κ1) is 18.5. The van der Waals surface area contributed by atoms with Crippen molar-refractivity contribution in [3.8, 4) is 0 Å². The van der Waals surface area contributed by atoms with E-state index in [0.29, 0.717) is 43.5 Å². The number of nitrogens with zero attached hydrogens (tertiary/aromatic N) is 1. The molecule has 5 nitrogen and oxygen atoms in total. The predicted molar refractivity (Wildman–Crippen MR) is 101 cm³/mol. The standard InChI is InChI=1S/C22H22FNO4/c1-15-6-7-16(13-19(15)23)12-17-4-2-3-5-18(17)20(25)24-10-8-22(9-11-24)14-27-21(26)28-22/h2-7,13H,8-12,14H2,1H3. The van der Waals surface area contributed by atoms with Crippen LogP contribution < -0.4 is 0 Å². The Balaban J connectivity index is 1.49. The van der Waals surface area contributed by atoms with E-state index in [-0.39, 0.29) is 18.3 Å². The Morgan fingerprint density at radius 3 is 2.61 bits per heavy atom. The summed E-state index contributed by atoms with van der Waals surface area (Å²) >= 11 is 0. The number of ether oxygens (including phenoxy) is 2. The number of cyclic esters (lactones) is 1. The molecule has 0 saturated carbocycles. The number of piperidine rings is 1. The van der Waals surface area contributed by atoms with Gasteiger partial charge in [0.25, 0.3) is 5.91 Å². The average molecular weight is 383 g/mol. The third kappa shape index (κ3) is 3.59. The molecule has 0 radical (unpaired) electrons. The van der Waals surface area contributed by atoms with E-state index in [4.69, 9.17) is 9.47 Å². The number of carbonyl (C=O) groups is 2. The van der Waals surface area contributed by atoms with Crippen LogP contribution in [0.3, 0.4) is 0 Å². The number of likely N-dealkylation sites (tertiary alicyclic amines) is 1. The quantitative estimate of drug-likeness (QED) is 0.755. The summed E-state index contributed by atoms with van der Waals surface area (Å²) in [6, 6.07) is 12.6. The monoisotopic (exact) mass is 383 g/mol. The van der Waals surface area contributed by atoms with Crippen molar-refractivity contribution < 1.29 is 23.5 Å². The van der Waals surface area contributed by atoms with Crippen LogP contribution in [0.25, 0.3) is 0 Å². The van der Waals surface area contributed by atoms with Crippen molar-refractivity contribution in [2.24, 2.45) is 0 Å². The number of aryl methyl sites for hydroxylation is 1. The minimum atomic E-state index is -0.629. The average Bonchev–Trinajstić information content (AvgIpc) is 3.05. The van der Waals surface area contributed by atoms with Crippen molar-refractivity contribution in [1.82, 2.24) is 4.90 Å². The Hall–Kier alpha value is -2.89. The Kier molecular flexibility index (Phi) is 4.79. The highest BCUT2D eigenvalue weighted by molar-refractivity contribution is 5.96. The molecule has 146 valence electrons. The fraction of sp³-hybridized carbons (Fsp3) is 0.364. The summed E-state index contributed by atoms with van der Waals surface area (Å²) in [5, 5.41) is 0. The largest absolute Gasteiger partial charge is 0.509 e. The first-order valence-electron chi connectivity index (χ1n) is 9.44. The van der Waals surface area contributed by atoms with Crippen LogP contribution in [0, 0.1) is 12.7 Å². The summed E-state index contributed by atoms with van der Waals surface area (Å²) in [6.45, 7) is 2.99. The SMILES string of the molecule is Cc1ccc(Cc2ccccc2C(=O)N2CCC3(CC2)COC(=O)O3)cc1F. The molecule has 1 amide bonds. The first-order valence-corrected chi connectivity index (χ1v) is 9.44. The molecule has 0 aromatic heterocycles. The lowest BCUT2D eigenvalue weighted by Gasteiger charge is -2.36. The number of amides is 1. The first-order chi connectivity index (χ1) is 13.5. The van der Waals surface area contributed by atoms with Gasteiger partial charge in [0, 0.05) is 31.5 Å². The van der Waals surface area contributed by atoms with E-state index in [0.717, 1.165) is 11.1 Å². The van der Waals surface area contributed by atoms with E-state index in [1.54, 1.807) is 17.9 Å². The molecule has 2 fully saturated rings. The van der Waals surface area contributed by atoms with Gasteiger partial charge in [0.15, 0.2) is 5.60 Å². The van der Waals surface area contributed by atoms with Crippen molar-refractivity contribution in [1.29, 1.82) is 0 Å². The van der Waals surface area contributed by atoms with Gasteiger partial charge in [-0.25, -0.2) is 9.18 Å². The molecule has 4 rings (SSSR count).